The Hall–Kier alpha value is -0.160. The predicted molar refractivity (Wildman–Crippen MR) is 39.8 cm³/mol. The van der Waals surface area contributed by atoms with E-state index in [1.165, 1.54) is 0 Å². The van der Waals surface area contributed by atoms with E-state index in [2.05, 4.69) is 0 Å². The summed E-state index contributed by atoms with van der Waals surface area (Å²) in [5, 5.41) is 18.5. The fourth-order valence-corrected chi connectivity index (χ4v) is 1.29. The first kappa shape index (κ1) is 8.93. The van der Waals surface area contributed by atoms with Gasteiger partial charge in [0, 0.05) is 0 Å². The van der Waals surface area contributed by atoms with E-state index >= 15 is 0 Å². The second-order valence-electron chi connectivity index (χ2n) is 2.94. The van der Waals surface area contributed by atoms with E-state index in [-0.39, 0.29) is 6.10 Å². The van der Waals surface area contributed by atoms with Gasteiger partial charge in [0.25, 0.3) is 0 Å². The molecule has 0 saturated carbocycles. The first-order valence-electron chi connectivity index (χ1n) is 3.92. The number of hydrogen-bond donors (Lipinski definition) is 3. The normalized spacial score (nSPS) is 45.8. The number of nitrogens with two attached hydrogens (primary N) is 1. The Morgan fingerprint density at radius 3 is 2.73 bits per heavy atom. The average Bonchev–Trinajstić information content (AvgIpc) is 1.97. The number of aliphatic hydroxyl groups excluding tert-OH is 2. The van der Waals surface area contributed by atoms with Crippen LogP contribution in [0.2, 0.25) is 0 Å². The highest BCUT2D eigenvalue weighted by Crippen LogP contribution is 2.19. The van der Waals surface area contributed by atoms with Crippen LogP contribution in [0.25, 0.3) is 0 Å². The smallest absolute Gasteiger partial charge is 0.170 e. The molecule has 1 aliphatic rings. The van der Waals surface area contributed by atoms with Gasteiger partial charge >= 0.3 is 0 Å². The molecule has 4 nitrogen and oxygen atoms in total. The molecule has 0 radical (unpaired) electrons. The zero-order valence-electron chi connectivity index (χ0n) is 6.60. The molecule has 66 valence electrons. The van der Waals surface area contributed by atoms with Crippen molar-refractivity contribution in [2.24, 2.45) is 5.73 Å². The molecular formula is C7H15NO3. The van der Waals surface area contributed by atoms with Crippen LogP contribution in [0.1, 0.15) is 19.8 Å². The van der Waals surface area contributed by atoms with Gasteiger partial charge in [0.1, 0.15) is 0 Å². The molecule has 0 bridgehead atoms. The summed E-state index contributed by atoms with van der Waals surface area (Å²) in [5.41, 5.74) is 5.45. The van der Waals surface area contributed by atoms with E-state index in [1.54, 1.807) is 0 Å². The highest BCUT2D eigenvalue weighted by atomic mass is 16.6. The third-order valence-electron chi connectivity index (χ3n) is 2.03. The SMILES string of the molecule is CCC1OC(O)C(N)CC1O. The van der Waals surface area contributed by atoms with Crippen molar-refractivity contribution in [3.05, 3.63) is 0 Å². The van der Waals surface area contributed by atoms with Crippen LogP contribution in [-0.4, -0.2) is 34.8 Å². The van der Waals surface area contributed by atoms with Gasteiger partial charge in [-0.15, -0.1) is 0 Å². The Balaban J connectivity index is 2.48. The van der Waals surface area contributed by atoms with Crippen molar-refractivity contribution >= 4 is 0 Å². The van der Waals surface area contributed by atoms with Crippen LogP contribution < -0.4 is 5.73 Å². The number of hydrogen-bond acceptors (Lipinski definition) is 4. The fraction of sp³-hybridized carbons (Fsp3) is 1.00. The first-order chi connectivity index (χ1) is 5.15. The van der Waals surface area contributed by atoms with Crippen LogP contribution in [0.5, 0.6) is 0 Å². The van der Waals surface area contributed by atoms with E-state index in [0.29, 0.717) is 12.8 Å². The molecule has 1 rings (SSSR count). The Bertz CT molecular complexity index is 131. The van der Waals surface area contributed by atoms with Crippen LogP contribution >= 0.6 is 0 Å². The summed E-state index contributed by atoms with van der Waals surface area (Å²) in [4.78, 5) is 0. The molecule has 0 aromatic carbocycles. The monoisotopic (exact) mass is 161 g/mol. The molecule has 1 heterocycles. The molecule has 0 aromatic heterocycles. The van der Waals surface area contributed by atoms with E-state index in [9.17, 15) is 5.11 Å². The van der Waals surface area contributed by atoms with Gasteiger partial charge in [-0.05, 0) is 12.8 Å². The Morgan fingerprint density at radius 1 is 1.55 bits per heavy atom. The highest BCUT2D eigenvalue weighted by Gasteiger charge is 2.32. The van der Waals surface area contributed by atoms with Gasteiger partial charge < -0.3 is 20.7 Å². The predicted octanol–water partition coefficient (Wildman–Crippen LogP) is -0.808. The first-order valence-corrected chi connectivity index (χ1v) is 3.92. The van der Waals surface area contributed by atoms with Gasteiger partial charge in [-0.2, -0.15) is 0 Å². The third-order valence-corrected chi connectivity index (χ3v) is 2.03. The Kier molecular flexibility index (Phi) is 2.84. The maximum Gasteiger partial charge on any atom is 0.170 e. The lowest BCUT2D eigenvalue weighted by atomic mass is 10.00. The van der Waals surface area contributed by atoms with Crippen molar-refractivity contribution in [1.82, 2.24) is 0 Å². The lowest BCUT2D eigenvalue weighted by Gasteiger charge is -2.34. The Morgan fingerprint density at radius 2 is 2.18 bits per heavy atom. The molecule has 0 aromatic rings. The zero-order chi connectivity index (χ0) is 8.43. The minimum absolute atomic E-state index is 0.259. The van der Waals surface area contributed by atoms with Crippen LogP contribution in [0.4, 0.5) is 0 Å². The summed E-state index contributed by atoms with van der Waals surface area (Å²) in [7, 11) is 0. The average molecular weight is 161 g/mol. The minimum atomic E-state index is -0.914. The largest absolute Gasteiger partial charge is 0.390 e. The maximum absolute atomic E-state index is 9.34. The second kappa shape index (κ2) is 3.49. The van der Waals surface area contributed by atoms with Gasteiger partial charge in [-0.1, -0.05) is 6.92 Å². The fourth-order valence-electron chi connectivity index (χ4n) is 1.29. The summed E-state index contributed by atoms with van der Waals surface area (Å²) >= 11 is 0. The lowest BCUT2D eigenvalue weighted by molar-refractivity contribution is -0.207. The maximum atomic E-state index is 9.34. The molecule has 4 unspecified atom stereocenters. The van der Waals surface area contributed by atoms with Crippen LogP contribution in [0.3, 0.4) is 0 Å². The number of aliphatic hydroxyl groups is 2. The third kappa shape index (κ3) is 1.90. The molecule has 0 amide bonds. The van der Waals surface area contributed by atoms with Crippen molar-refractivity contribution in [1.29, 1.82) is 0 Å². The van der Waals surface area contributed by atoms with E-state index in [4.69, 9.17) is 15.6 Å². The molecule has 0 spiro atoms. The molecule has 4 atom stereocenters. The van der Waals surface area contributed by atoms with E-state index in [0.717, 1.165) is 0 Å². The molecule has 1 fully saturated rings. The van der Waals surface area contributed by atoms with Gasteiger partial charge in [-0.25, -0.2) is 0 Å². The summed E-state index contributed by atoms with van der Waals surface area (Å²) in [6, 6.07) is -0.451. The summed E-state index contributed by atoms with van der Waals surface area (Å²) in [5.74, 6) is 0. The van der Waals surface area contributed by atoms with Crippen molar-refractivity contribution in [2.45, 2.75) is 44.3 Å². The quantitative estimate of drug-likeness (QED) is 0.470. The van der Waals surface area contributed by atoms with Crippen molar-refractivity contribution in [3.8, 4) is 0 Å². The topological polar surface area (TPSA) is 75.7 Å². The molecule has 11 heavy (non-hydrogen) atoms. The van der Waals surface area contributed by atoms with Gasteiger partial charge in [-0.3, -0.25) is 0 Å². The highest BCUT2D eigenvalue weighted by molar-refractivity contribution is 4.81. The molecular weight excluding hydrogens is 146 g/mol. The summed E-state index contributed by atoms with van der Waals surface area (Å²) in [6.07, 6.45) is -0.587. The molecule has 0 aliphatic carbocycles. The van der Waals surface area contributed by atoms with E-state index < -0.39 is 18.4 Å². The summed E-state index contributed by atoms with van der Waals surface area (Å²) in [6.45, 7) is 1.90. The van der Waals surface area contributed by atoms with Crippen LogP contribution in [-0.2, 0) is 4.74 Å². The van der Waals surface area contributed by atoms with Gasteiger partial charge in [0.15, 0.2) is 6.29 Å². The Labute approximate surface area is 66.0 Å². The molecule has 4 heteroatoms. The van der Waals surface area contributed by atoms with Gasteiger partial charge in [0.05, 0.1) is 18.2 Å². The lowest BCUT2D eigenvalue weighted by Crippen LogP contribution is -2.50. The van der Waals surface area contributed by atoms with Crippen molar-refractivity contribution in [3.63, 3.8) is 0 Å². The zero-order valence-corrected chi connectivity index (χ0v) is 6.60. The minimum Gasteiger partial charge on any atom is -0.390 e. The van der Waals surface area contributed by atoms with Crippen molar-refractivity contribution in [2.75, 3.05) is 0 Å². The second-order valence-corrected chi connectivity index (χ2v) is 2.94. The molecule has 1 aliphatic heterocycles. The van der Waals surface area contributed by atoms with Crippen LogP contribution in [0.15, 0.2) is 0 Å². The standard InChI is InChI=1S/C7H15NO3/c1-2-6-5(9)3-4(8)7(10)11-6/h4-7,9-10H,2-3,8H2,1H3. The van der Waals surface area contributed by atoms with E-state index in [1.807, 2.05) is 6.92 Å². The number of rotatable bonds is 1. The molecule has 1 saturated heterocycles. The van der Waals surface area contributed by atoms with Crippen LogP contribution in [0, 0.1) is 0 Å². The molecule has 4 N–H and O–H groups in total. The van der Waals surface area contributed by atoms with Crippen molar-refractivity contribution < 1.29 is 14.9 Å². The number of ether oxygens (including phenoxy) is 1. The van der Waals surface area contributed by atoms with Gasteiger partial charge in [0.2, 0.25) is 0 Å². The summed E-state index contributed by atoms with van der Waals surface area (Å²) < 4.78 is 5.04.